The molecule has 0 aliphatic carbocycles. The third-order valence-electron chi connectivity index (χ3n) is 2.62. The van der Waals surface area contributed by atoms with Crippen molar-refractivity contribution in [2.75, 3.05) is 6.61 Å². The lowest BCUT2D eigenvalue weighted by atomic mass is 10.2. The molecule has 92 valence electrons. The van der Waals surface area contributed by atoms with Crippen molar-refractivity contribution in [2.45, 2.75) is 26.4 Å². The highest BCUT2D eigenvalue weighted by Crippen LogP contribution is 2.19. The van der Waals surface area contributed by atoms with Gasteiger partial charge in [0.15, 0.2) is 11.6 Å². The molecule has 0 saturated carbocycles. The van der Waals surface area contributed by atoms with Gasteiger partial charge in [0, 0.05) is 29.3 Å². The van der Waals surface area contributed by atoms with Gasteiger partial charge in [0.1, 0.15) is 0 Å². The summed E-state index contributed by atoms with van der Waals surface area (Å²) in [6.45, 7) is 3.24. The second kappa shape index (κ2) is 5.27. The molecule has 1 N–H and O–H groups in total. The van der Waals surface area contributed by atoms with Crippen LogP contribution in [-0.4, -0.2) is 11.6 Å². The summed E-state index contributed by atoms with van der Waals surface area (Å²) in [7, 11) is 0. The van der Waals surface area contributed by atoms with Gasteiger partial charge in [-0.05, 0) is 18.6 Å². The standard InChI is InChI=1S/C13H15F2NO/c1-2-3-4-17-8-10-5-9-6-11(14)12(15)7-13(9)16-10/h5-7,16H,2-4,8H2,1H3. The minimum Gasteiger partial charge on any atom is -0.375 e. The molecule has 2 rings (SSSR count). The molecule has 0 aliphatic heterocycles. The lowest BCUT2D eigenvalue weighted by molar-refractivity contribution is 0.116. The summed E-state index contributed by atoms with van der Waals surface area (Å²) in [4.78, 5) is 3.01. The van der Waals surface area contributed by atoms with E-state index in [0.717, 1.165) is 18.5 Å². The number of hydrogen-bond acceptors (Lipinski definition) is 1. The van der Waals surface area contributed by atoms with E-state index in [2.05, 4.69) is 11.9 Å². The van der Waals surface area contributed by atoms with Crippen LogP contribution in [0.1, 0.15) is 25.5 Å². The summed E-state index contributed by atoms with van der Waals surface area (Å²) >= 11 is 0. The van der Waals surface area contributed by atoms with E-state index < -0.39 is 11.6 Å². The first-order valence-corrected chi connectivity index (χ1v) is 5.75. The van der Waals surface area contributed by atoms with Crippen molar-refractivity contribution in [3.05, 3.63) is 35.5 Å². The number of aromatic amines is 1. The van der Waals surface area contributed by atoms with E-state index in [-0.39, 0.29) is 0 Å². The van der Waals surface area contributed by atoms with E-state index in [1.807, 2.05) is 0 Å². The molecule has 2 aromatic rings. The summed E-state index contributed by atoms with van der Waals surface area (Å²) in [5.41, 5.74) is 1.43. The van der Waals surface area contributed by atoms with Crippen LogP contribution in [0.15, 0.2) is 18.2 Å². The van der Waals surface area contributed by atoms with Crippen molar-refractivity contribution in [3.63, 3.8) is 0 Å². The van der Waals surface area contributed by atoms with Crippen LogP contribution in [0.4, 0.5) is 8.78 Å². The summed E-state index contributed by atoms with van der Waals surface area (Å²) in [5.74, 6) is -1.66. The predicted octanol–water partition coefficient (Wildman–Crippen LogP) is 3.76. The predicted molar refractivity (Wildman–Crippen MR) is 62.8 cm³/mol. The summed E-state index contributed by atoms with van der Waals surface area (Å²) in [6, 6.07) is 4.14. The van der Waals surface area contributed by atoms with Gasteiger partial charge >= 0.3 is 0 Å². The van der Waals surface area contributed by atoms with Gasteiger partial charge in [-0.15, -0.1) is 0 Å². The fourth-order valence-corrected chi connectivity index (χ4v) is 1.69. The van der Waals surface area contributed by atoms with E-state index in [0.29, 0.717) is 24.1 Å². The van der Waals surface area contributed by atoms with Gasteiger partial charge in [-0.25, -0.2) is 8.78 Å². The van der Waals surface area contributed by atoms with Gasteiger partial charge in [-0.3, -0.25) is 0 Å². The Morgan fingerprint density at radius 1 is 1.18 bits per heavy atom. The summed E-state index contributed by atoms with van der Waals surface area (Å²) < 4.78 is 31.4. The van der Waals surface area contributed by atoms with Crippen molar-refractivity contribution >= 4 is 10.9 Å². The molecule has 0 aliphatic rings. The Morgan fingerprint density at radius 2 is 1.94 bits per heavy atom. The second-order valence-electron chi connectivity index (χ2n) is 4.05. The van der Waals surface area contributed by atoms with E-state index in [1.54, 1.807) is 6.07 Å². The molecule has 0 amide bonds. The fraction of sp³-hybridized carbons (Fsp3) is 0.385. The van der Waals surface area contributed by atoms with Gasteiger partial charge in [0.2, 0.25) is 0 Å². The Kier molecular flexibility index (Phi) is 3.74. The van der Waals surface area contributed by atoms with Crippen LogP contribution in [-0.2, 0) is 11.3 Å². The molecule has 0 spiro atoms. The smallest absolute Gasteiger partial charge is 0.160 e. The van der Waals surface area contributed by atoms with Crippen molar-refractivity contribution in [1.29, 1.82) is 0 Å². The summed E-state index contributed by atoms with van der Waals surface area (Å²) in [5, 5.41) is 0.665. The maximum Gasteiger partial charge on any atom is 0.160 e. The quantitative estimate of drug-likeness (QED) is 0.789. The molecule has 1 aromatic carbocycles. The minimum absolute atomic E-state index is 0.442. The average molecular weight is 239 g/mol. The number of unbranched alkanes of at least 4 members (excludes halogenated alkanes) is 1. The van der Waals surface area contributed by atoms with Crippen LogP contribution in [0.2, 0.25) is 0 Å². The number of ether oxygens (including phenoxy) is 1. The number of hydrogen-bond donors (Lipinski definition) is 1. The molecule has 2 nitrogen and oxygen atoms in total. The Morgan fingerprint density at radius 3 is 2.71 bits per heavy atom. The lowest BCUT2D eigenvalue weighted by Gasteiger charge is -2.00. The van der Waals surface area contributed by atoms with E-state index >= 15 is 0 Å². The highest BCUT2D eigenvalue weighted by molar-refractivity contribution is 5.80. The zero-order valence-corrected chi connectivity index (χ0v) is 9.72. The van der Waals surface area contributed by atoms with Gasteiger partial charge in [0.05, 0.1) is 6.61 Å². The monoisotopic (exact) mass is 239 g/mol. The van der Waals surface area contributed by atoms with E-state index in [9.17, 15) is 8.78 Å². The van der Waals surface area contributed by atoms with Crippen LogP contribution >= 0.6 is 0 Å². The molecule has 0 unspecified atom stereocenters. The van der Waals surface area contributed by atoms with Crippen LogP contribution in [0.3, 0.4) is 0 Å². The van der Waals surface area contributed by atoms with Crippen molar-refractivity contribution in [1.82, 2.24) is 4.98 Å². The molecule has 0 saturated heterocycles. The van der Waals surface area contributed by atoms with Crippen molar-refractivity contribution in [2.24, 2.45) is 0 Å². The molecule has 0 radical (unpaired) electrons. The Hall–Kier alpha value is -1.42. The van der Waals surface area contributed by atoms with Gasteiger partial charge < -0.3 is 9.72 Å². The van der Waals surface area contributed by atoms with Gasteiger partial charge in [-0.1, -0.05) is 13.3 Å². The second-order valence-corrected chi connectivity index (χ2v) is 4.05. The molecule has 0 fully saturated rings. The molecular weight excluding hydrogens is 224 g/mol. The molecule has 1 heterocycles. The maximum atomic E-state index is 13.0. The van der Waals surface area contributed by atoms with Crippen LogP contribution < -0.4 is 0 Å². The first kappa shape index (κ1) is 12.0. The SMILES string of the molecule is CCCCOCc1cc2cc(F)c(F)cc2[nH]1. The fourth-order valence-electron chi connectivity index (χ4n) is 1.69. The number of H-pyrrole nitrogens is 1. The van der Waals surface area contributed by atoms with Gasteiger partial charge in [-0.2, -0.15) is 0 Å². The Labute approximate surface area is 98.6 Å². The van der Waals surface area contributed by atoms with E-state index in [1.165, 1.54) is 12.1 Å². The molecular formula is C13H15F2NO. The molecule has 0 bridgehead atoms. The van der Waals surface area contributed by atoms with Crippen molar-refractivity contribution in [3.8, 4) is 0 Å². The molecule has 0 atom stereocenters. The molecule has 17 heavy (non-hydrogen) atoms. The Bertz CT molecular complexity index is 468. The largest absolute Gasteiger partial charge is 0.375 e. The first-order valence-electron chi connectivity index (χ1n) is 5.75. The minimum atomic E-state index is -0.835. The van der Waals surface area contributed by atoms with Crippen LogP contribution in [0.5, 0.6) is 0 Å². The number of rotatable bonds is 5. The van der Waals surface area contributed by atoms with E-state index in [4.69, 9.17) is 4.74 Å². The number of aromatic nitrogens is 1. The zero-order chi connectivity index (χ0) is 12.3. The number of benzene rings is 1. The van der Waals surface area contributed by atoms with Crippen LogP contribution in [0.25, 0.3) is 10.9 Å². The van der Waals surface area contributed by atoms with Crippen LogP contribution in [0, 0.1) is 11.6 Å². The average Bonchev–Trinajstić information content (AvgIpc) is 2.67. The molecule has 1 aromatic heterocycles. The third kappa shape index (κ3) is 2.82. The molecule has 4 heteroatoms. The van der Waals surface area contributed by atoms with Gasteiger partial charge in [0.25, 0.3) is 0 Å². The third-order valence-corrected chi connectivity index (χ3v) is 2.62. The number of halogens is 2. The maximum absolute atomic E-state index is 13.0. The summed E-state index contributed by atoms with van der Waals surface area (Å²) in [6.07, 6.45) is 2.10. The zero-order valence-electron chi connectivity index (χ0n) is 9.72. The highest BCUT2D eigenvalue weighted by Gasteiger charge is 2.07. The topological polar surface area (TPSA) is 25.0 Å². The van der Waals surface area contributed by atoms with Crippen molar-refractivity contribution < 1.29 is 13.5 Å². The normalized spacial score (nSPS) is 11.2. The first-order chi connectivity index (χ1) is 8.20. The number of fused-ring (bicyclic) bond motifs is 1. The number of nitrogens with one attached hydrogen (secondary N) is 1. The lowest BCUT2D eigenvalue weighted by Crippen LogP contribution is -1.94. The highest BCUT2D eigenvalue weighted by atomic mass is 19.2. The Balaban J connectivity index is 2.09.